The minimum Gasteiger partial charge on any atom is -0.231 e. The van der Waals surface area contributed by atoms with E-state index in [9.17, 15) is 0 Å². The molecule has 0 saturated heterocycles. The summed E-state index contributed by atoms with van der Waals surface area (Å²) in [5.74, 6) is 0. The smallest absolute Gasteiger partial charge is 0.191 e. The van der Waals surface area contributed by atoms with Crippen LogP contribution in [0.15, 0.2) is 41.0 Å². The predicted molar refractivity (Wildman–Crippen MR) is 77.5 cm³/mol. The number of benzene rings is 2. The summed E-state index contributed by atoms with van der Waals surface area (Å²) in [5, 5.41) is 3.41. The van der Waals surface area contributed by atoms with Crippen molar-refractivity contribution >= 4 is 60.2 Å². The lowest BCUT2D eigenvalue weighted by atomic mass is 10.1. The Morgan fingerprint density at radius 1 is 1.12 bits per heavy atom. The Hall–Kier alpha value is -0.750. The molecule has 0 aliphatic rings. The Labute approximate surface area is 114 Å². The van der Waals surface area contributed by atoms with Crippen molar-refractivity contribution in [2.45, 2.75) is 0 Å². The molecule has 1 heterocycles. The molecule has 0 aliphatic heterocycles. The van der Waals surface area contributed by atoms with E-state index in [1.165, 1.54) is 5.39 Å². The third kappa shape index (κ3) is 1.60. The van der Waals surface area contributed by atoms with Gasteiger partial charge in [-0.1, -0.05) is 40.2 Å². The summed E-state index contributed by atoms with van der Waals surface area (Å²) in [6.45, 7) is 0. The summed E-state index contributed by atoms with van der Waals surface area (Å²) in [4.78, 5) is 8.71. The van der Waals surface area contributed by atoms with Gasteiger partial charge in [0.25, 0.3) is 0 Å². The highest BCUT2D eigenvalue weighted by Crippen LogP contribution is 2.30. The number of aromatic nitrogens is 2. The van der Waals surface area contributed by atoms with Crippen LogP contribution in [-0.4, -0.2) is 9.97 Å². The molecule has 0 radical (unpaired) electrons. The van der Waals surface area contributed by atoms with Gasteiger partial charge in [-0.2, -0.15) is 0 Å². The summed E-state index contributed by atoms with van der Waals surface area (Å²) in [6, 6.07) is 10.3. The molecule has 0 saturated carbocycles. The van der Waals surface area contributed by atoms with Gasteiger partial charge in [-0.15, -0.1) is 0 Å². The zero-order chi connectivity index (χ0) is 11.1. The van der Waals surface area contributed by atoms with Crippen molar-refractivity contribution in [2.24, 2.45) is 0 Å². The second-order valence-corrected chi connectivity index (χ2v) is 5.30. The average molecular weight is 385 g/mol. The van der Waals surface area contributed by atoms with E-state index < -0.39 is 0 Å². The predicted octanol–water partition coefficient (Wildman–Crippen LogP) is 4.15. The largest absolute Gasteiger partial charge is 0.231 e. The van der Waals surface area contributed by atoms with Crippen LogP contribution in [0.25, 0.3) is 21.7 Å². The maximum absolute atomic E-state index is 4.50. The minimum atomic E-state index is 0.776. The van der Waals surface area contributed by atoms with Crippen LogP contribution in [0.5, 0.6) is 0 Å². The van der Waals surface area contributed by atoms with Gasteiger partial charge < -0.3 is 0 Å². The molecule has 0 spiro atoms. The van der Waals surface area contributed by atoms with Crippen LogP contribution in [0.4, 0.5) is 0 Å². The van der Waals surface area contributed by atoms with E-state index in [1.807, 2.05) is 18.3 Å². The fourth-order valence-corrected chi connectivity index (χ4v) is 2.78. The first-order chi connectivity index (χ1) is 7.75. The van der Waals surface area contributed by atoms with E-state index in [2.05, 4.69) is 66.7 Å². The van der Waals surface area contributed by atoms with E-state index >= 15 is 0 Å². The molecule has 4 heteroatoms. The highest BCUT2D eigenvalue weighted by atomic mass is 127. The van der Waals surface area contributed by atoms with Crippen molar-refractivity contribution in [2.75, 3.05) is 0 Å². The number of rotatable bonds is 0. The minimum absolute atomic E-state index is 0.776. The molecule has 0 amide bonds. The first-order valence-electron chi connectivity index (χ1n) is 4.75. The fourth-order valence-electron chi connectivity index (χ4n) is 1.80. The van der Waals surface area contributed by atoms with Gasteiger partial charge >= 0.3 is 0 Å². The third-order valence-corrected chi connectivity index (χ3v) is 3.69. The van der Waals surface area contributed by atoms with Crippen LogP contribution < -0.4 is 0 Å². The van der Waals surface area contributed by atoms with Crippen molar-refractivity contribution in [3.63, 3.8) is 0 Å². The second-order valence-electron chi connectivity index (χ2n) is 3.48. The van der Waals surface area contributed by atoms with Crippen LogP contribution in [0.2, 0.25) is 0 Å². The van der Waals surface area contributed by atoms with Gasteiger partial charge in [-0.3, -0.25) is 0 Å². The zero-order valence-electron chi connectivity index (χ0n) is 8.11. The lowest BCUT2D eigenvalue weighted by Crippen LogP contribution is -1.89. The molecule has 16 heavy (non-hydrogen) atoms. The molecule has 0 fully saturated rings. The van der Waals surface area contributed by atoms with Crippen LogP contribution in [-0.2, 0) is 0 Å². The van der Waals surface area contributed by atoms with Crippen molar-refractivity contribution in [1.82, 2.24) is 9.97 Å². The number of halogens is 2. The monoisotopic (exact) mass is 384 g/mol. The molecule has 0 aliphatic carbocycles. The van der Waals surface area contributed by atoms with E-state index in [0.29, 0.717) is 0 Å². The molecule has 0 bridgehead atoms. The summed E-state index contributed by atoms with van der Waals surface area (Å²) in [5.41, 5.74) is 1.01. The standard InChI is InChI=1S/C12H6BrIN2/c13-10-5-7-6-15-12(14)16-11(7)9-4-2-1-3-8(9)10/h1-6H. The van der Waals surface area contributed by atoms with E-state index in [-0.39, 0.29) is 0 Å². The molecular formula is C12H6BrIN2. The van der Waals surface area contributed by atoms with Crippen LogP contribution in [0.1, 0.15) is 0 Å². The van der Waals surface area contributed by atoms with Gasteiger partial charge in [0, 0.05) is 44.0 Å². The molecule has 2 aromatic carbocycles. The van der Waals surface area contributed by atoms with Crippen molar-refractivity contribution < 1.29 is 0 Å². The topological polar surface area (TPSA) is 25.8 Å². The van der Waals surface area contributed by atoms with Gasteiger partial charge in [-0.05, 0) is 11.5 Å². The lowest BCUT2D eigenvalue weighted by Gasteiger charge is -2.05. The molecule has 3 rings (SSSR count). The number of hydrogen-bond acceptors (Lipinski definition) is 2. The van der Waals surface area contributed by atoms with E-state index in [4.69, 9.17) is 0 Å². The number of hydrogen-bond donors (Lipinski definition) is 0. The Bertz CT molecular complexity index is 697. The molecule has 0 atom stereocenters. The highest BCUT2D eigenvalue weighted by Gasteiger charge is 2.06. The number of nitrogens with zero attached hydrogens (tertiary/aromatic N) is 2. The molecular weight excluding hydrogens is 379 g/mol. The SMILES string of the molecule is Brc1cc2cnc(I)nc2c2ccccc12. The van der Waals surface area contributed by atoms with E-state index in [1.54, 1.807) is 0 Å². The van der Waals surface area contributed by atoms with Gasteiger partial charge in [0.05, 0.1) is 5.52 Å². The average Bonchev–Trinajstić information content (AvgIpc) is 2.31. The van der Waals surface area contributed by atoms with Crippen LogP contribution in [0, 0.1) is 3.83 Å². The quantitative estimate of drug-likeness (QED) is 0.330. The van der Waals surface area contributed by atoms with Gasteiger partial charge in [0.1, 0.15) is 0 Å². The maximum Gasteiger partial charge on any atom is 0.191 e. The van der Waals surface area contributed by atoms with Crippen molar-refractivity contribution in [3.8, 4) is 0 Å². The Balaban J connectivity index is 2.61. The summed E-state index contributed by atoms with van der Waals surface area (Å²) in [6.07, 6.45) is 1.86. The zero-order valence-corrected chi connectivity index (χ0v) is 11.9. The molecule has 3 aromatic rings. The Morgan fingerprint density at radius 3 is 2.69 bits per heavy atom. The van der Waals surface area contributed by atoms with Gasteiger partial charge in [0.15, 0.2) is 3.83 Å². The molecule has 78 valence electrons. The Kier molecular flexibility index (Phi) is 2.55. The van der Waals surface area contributed by atoms with Gasteiger partial charge in [-0.25, -0.2) is 9.97 Å². The van der Waals surface area contributed by atoms with Crippen molar-refractivity contribution in [3.05, 3.63) is 44.8 Å². The molecule has 0 unspecified atom stereocenters. The van der Waals surface area contributed by atoms with Crippen molar-refractivity contribution in [1.29, 1.82) is 0 Å². The first-order valence-corrected chi connectivity index (χ1v) is 6.62. The van der Waals surface area contributed by atoms with Gasteiger partial charge in [0.2, 0.25) is 0 Å². The lowest BCUT2D eigenvalue weighted by molar-refractivity contribution is 1.16. The fraction of sp³-hybridized carbons (Fsp3) is 0. The second kappa shape index (κ2) is 3.92. The van der Waals surface area contributed by atoms with Crippen LogP contribution >= 0.6 is 38.5 Å². The number of fused-ring (bicyclic) bond motifs is 3. The molecule has 1 aromatic heterocycles. The Morgan fingerprint density at radius 2 is 1.88 bits per heavy atom. The highest BCUT2D eigenvalue weighted by molar-refractivity contribution is 14.1. The molecule has 0 N–H and O–H groups in total. The molecule has 2 nitrogen and oxygen atoms in total. The summed E-state index contributed by atoms with van der Waals surface area (Å²) < 4.78 is 1.86. The summed E-state index contributed by atoms with van der Waals surface area (Å²) >= 11 is 5.71. The third-order valence-electron chi connectivity index (χ3n) is 2.51. The van der Waals surface area contributed by atoms with Crippen LogP contribution in [0.3, 0.4) is 0 Å². The summed E-state index contributed by atoms with van der Waals surface area (Å²) in [7, 11) is 0. The van der Waals surface area contributed by atoms with E-state index in [0.717, 1.165) is 24.6 Å². The first kappa shape index (κ1) is 10.4. The maximum atomic E-state index is 4.50. The normalized spacial score (nSPS) is 11.1.